The normalized spacial score (nSPS) is 21.9. The van der Waals surface area contributed by atoms with Gasteiger partial charge in [0, 0.05) is 25.3 Å². The Morgan fingerprint density at radius 2 is 1.86 bits per heavy atom. The molecule has 1 unspecified atom stereocenters. The number of amides is 2. The standard InChI is InChI=1S/C25H36N2O7S/c1-4-31-23(29)19-16-25(33-13-14-34-25)12-10-20(19)26-22(28)21(11-15-35(2)3)27-24(30)32-17-18-8-6-5-7-9-18/h5-9,19-21H,4,10-17H2,1-3H3,(H-,26,27,28,30)/p+1/t19-,20?,21+/m1/s1. The fourth-order valence-electron chi connectivity index (χ4n) is 4.40. The van der Waals surface area contributed by atoms with E-state index in [0.29, 0.717) is 38.9 Å². The molecule has 1 spiro atoms. The van der Waals surface area contributed by atoms with Gasteiger partial charge in [0.2, 0.25) is 5.91 Å². The molecule has 1 saturated carbocycles. The number of hydrogen-bond donors (Lipinski definition) is 2. The van der Waals surface area contributed by atoms with Crippen LogP contribution in [0.15, 0.2) is 30.3 Å². The maximum atomic E-state index is 13.3. The first-order valence-electron chi connectivity index (χ1n) is 12.1. The Kier molecular flexibility index (Phi) is 10.2. The zero-order valence-electron chi connectivity index (χ0n) is 20.7. The molecule has 35 heavy (non-hydrogen) atoms. The summed E-state index contributed by atoms with van der Waals surface area (Å²) in [5, 5.41) is 5.72. The molecule has 1 aliphatic heterocycles. The summed E-state index contributed by atoms with van der Waals surface area (Å²) in [7, 11) is 0.0901. The third-order valence-corrected chi connectivity index (χ3v) is 7.27. The molecule has 1 aliphatic carbocycles. The van der Waals surface area contributed by atoms with Gasteiger partial charge in [-0.1, -0.05) is 30.3 Å². The van der Waals surface area contributed by atoms with Crippen LogP contribution in [0.2, 0.25) is 0 Å². The molecule has 9 nitrogen and oxygen atoms in total. The predicted molar refractivity (Wildman–Crippen MR) is 133 cm³/mol. The minimum Gasteiger partial charge on any atom is -0.466 e. The van der Waals surface area contributed by atoms with E-state index in [-0.39, 0.29) is 36.0 Å². The number of rotatable bonds is 10. The van der Waals surface area contributed by atoms with Gasteiger partial charge in [-0.05, 0) is 29.8 Å². The summed E-state index contributed by atoms with van der Waals surface area (Å²) in [5.74, 6) is -1.34. The molecule has 2 amide bonds. The average molecular weight is 510 g/mol. The second kappa shape index (κ2) is 13.1. The van der Waals surface area contributed by atoms with Crippen LogP contribution in [-0.2, 0) is 46.0 Å². The van der Waals surface area contributed by atoms with E-state index >= 15 is 0 Å². The highest BCUT2D eigenvalue weighted by molar-refractivity contribution is 7.95. The molecule has 1 saturated heterocycles. The van der Waals surface area contributed by atoms with E-state index in [1.807, 2.05) is 30.3 Å². The molecule has 2 aliphatic rings. The topological polar surface area (TPSA) is 112 Å². The maximum absolute atomic E-state index is 13.3. The van der Waals surface area contributed by atoms with Crippen LogP contribution in [0.3, 0.4) is 0 Å². The van der Waals surface area contributed by atoms with Crippen molar-refractivity contribution in [1.82, 2.24) is 10.6 Å². The lowest BCUT2D eigenvalue weighted by atomic mass is 9.80. The Bertz CT molecular complexity index is 845. The Labute approximate surface area is 209 Å². The second-order valence-corrected chi connectivity index (χ2v) is 11.4. The smallest absolute Gasteiger partial charge is 0.408 e. The fraction of sp³-hybridized carbons (Fsp3) is 0.640. The van der Waals surface area contributed by atoms with Crippen LogP contribution in [0.4, 0.5) is 4.79 Å². The SMILES string of the molecule is CCOC(=O)[C@@H]1CC2(CCC1NC(=O)[C@H](CC[S+](C)C)NC(=O)OCc1ccccc1)OCCO2. The molecule has 1 aromatic carbocycles. The summed E-state index contributed by atoms with van der Waals surface area (Å²) in [6.07, 6.45) is 5.38. The number of carbonyl (C=O) groups is 3. The zero-order valence-corrected chi connectivity index (χ0v) is 21.6. The molecule has 3 atom stereocenters. The highest BCUT2D eigenvalue weighted by Gasteiger charge is 2.48. The summed E-state index contributed by atoms with van der Waals surface area (Å²) < 4.78 is 22.2. The van der Waals surface area contributed by atoms with E-state index in [1.54, 1.807) is 6.92 Å². The molecular formula is C25H37N2O7S+. The van der Waals surface area contributed by atoms with Gasteiger partial charge >= 0.3 is 12.1 Å². The quantitative estimate of drug-likeness (QED) is 0.367. The average Bonchev–Trinajstić information content (AvgIpc) is 3.30. The molecule has 194 valence electrons. The lowest BCUT2D eigenvalue weighted by Gasteiger charge is -2.40. The van der Waals surface area contributed by atoms with E-state index in [1.165, 1.54) is 0 Å². The van der Waals surface area contributed by atoms with E-state index in [0.717, 1.165) is 11.3 Å². The van der Waals surface area contributed by atoms with Gasteiger partial charge in [-0.3, -0.25) is 9.59 Å². The molecule has 1 aromatic rings. The first-order chi connectivity index (χ1) is 16.8. The van der Waals surface area contributed by atoms with Crippen LogP contribution in [0.1, 0.15) is 38.2 Å². The van der Waals surface area contributed by atoms with Gasteiger partial charge in [-0.2, -0.15) is 0 Å². The van der Waals surface area contributed by atoms with E-state index < -0.39 is 29.9 Å². The van der Waals surface area contributed by atoms with Crippen molar-refractivity contribution in [2.45, 2.75) is 57.1 Å². The van der Waals surface area contributed by atoms with E-state index in [4.69, 9.17) is 18.9 Å². The number of carbonyl (C=O) groups excluding carboxylic acids is 3. The Morgan fingerprint density at radius 3 is 2.51 bits per heavy atom. The lowest BCUT2D eigenvalue weighted by Crippen LogP contribution is -2.56. The van der Waals surface area contributed by atoms with Crippen molar-refractivity contribution in [3.05, 3.63) is 35.9 Å². The van der Waals surface area contributed by atoms with Crippen molar-refractivity contribution in [1.29, 1.82) is 0 Å². The van der Waals surface area contributed by atoms with Gasteiger partial charge in [0.1, 0.15) is 18.4 Å². The van der Waals surface area contributed by atoms with Crippen molar-refractivity contribution in [2.24, 2.45) is 5.92 Å². The van der Waals surface area contributed by atoms with Crippen LogP contribution in [0.25, 0.3) is 0 Å². The number of alkyl carbamates (subject to hydrolysis) is 1. The van der Waals surface area contributed by atoms with Crippen molar-refractivity contribution >= 4 is 28.9 Å². The van der Waals surface area contributed by atoms with Crippen LogP contribution in [0, 0.1) is 5.92 Å². The predicted octanol–water partition coefficient (Wildman–Crippen LogP) is 2.14. The molecule has 3 rings (SSSR count). The Hall–Kier alpha value is -2.30. The van der Waals surface area contributed by atoms with Gasteiger partial charge in [-0.15, -0.1) is 0 Å². The number of esters is 1. The van der Waals surface area contributed by atoms with Crippen molar-refractivity contribution in [3.63, 3.8) is 0 Å². The molecule has 0 bridgehead atoms. The van der Waals surface area contributed by atoms with Gasteiger partial charge in [0.25, 0.3) is 0 Å². The summed E-state index contributed by atoms with van der Waals surface area (Å²) in [4.78, 5) is 38.5. The molecule has 2 N–H and O–H groups in total. The maximum Gasteiger partial charge on any atom is 0.408 e. The van der Waals surface area contributed by atoms with Gasteiger partial charge in [0.15, 0.2) is 5.79 Å². The zero-order chi connectivity index (χ0) is 25.3. The fourth-order valence-corrected chi connectivity index (χ4v) is 5.10. The Balaban J connectivity index is 1.63. The van der Waals surface area contributed by atoms with Crippen LogP contribution in [-0.4, -0.2) is 73.9 Å². The first-order valence-corrected chi connectivity index (χ1v) is 14.3. The van der Waals surface area contributed by atoms with Crippen LogP contribution < -0.4 is 10.6 Å². The van der Waals surface area contributed by atoms with Crippen molar-refractivity contribution in [3.8, 4) is 0 Å². The van der Waals surface area contributed by atoms with Crippen molar-refractivity contribution in [2.75, 3.05) is 38.1 Å². The lowest BCUT2D eigenvalue weighted by molar-refractivity contribution is -0.199. The summed E-state index contributed by atoms with van der Waals surface area (Å²) in [6, 6.07) is 8.13. The molecule has 10 heteroatoms. The number of nitrogens with one attached hydrogen (secondary N) is 2. The minimum atomic E-state index is -0.795. The van der Waals surface area contributed by atoms with E-state index in [9.17, 15) is 14.4 Å². The highest BCUT2D eigenvalue weighted by atomic mass is 32.2. The van der Waals surface area contributed by atoms with Gasteiger partial charge in [0.05, 0.1) is 38.3 Å². The summed E-state index contributed by atoms with van der Waals surface area (Å²) in [5.41, 5.74) is 0.858. The summed E-state index contributed by atoms with van der Waals surface area (Å²) >= 11 is 0. The van der Waals surface area contributed by atoms with Crippen LogP contribution in [0.5, 0.6) is 0 Å². The van der Waals surface area contributed by atoms with Crippen LogP contribution >= 0.6 is 0 Å². The number of benzene rings is 1. The molecule has 1 heterocycles. The van der Waals surface area contributed by atoms with Gasteiger partial charge in [-0.25, -0.2) is 4.79 Å². The number of ether oxygens (including phenoxy) is 4. The minimum absolute atomic E-state index is 0.0901. The third-order valence-electron chi connectivity index (χ3n) is 6.22. The first kappa shape index (κ1) is 27.3. The molecule has 2 fully saturated rings. The number of hydrogen-bond acceptors (Lipinski definition) is 7. The molecule has 0 radical (unpaired) electrons. The highest BCUT2D eigenvalue weighted by Crippen LogP contribution is 2.39. The molecular weight excluding hydrogens is 472 g/mol. The van der Waals surface area contributed by atoms with E-state index in [2.05, 4.69) is 23.1 Å². The monoisotopic (exact) mass is 509 g/mol. The van der Waals surface area contributed by atoms with Gasteiger partial charge < -0.3 is 29.6 Å². The third kappa shape index (κ3) is 8.12. The molecule has 0 aromatic heterocycles. The second-order valence-electron chi connectivity index (χ2n) is 9.06. The largest absolute Gasteiger partial charge is 0.466 e. The summed E-state index contributed by atoms with van der Waals surface area (Å²) in [6.45, 7) is 3.08. The Morgan fingerprint density at radius 1 is 1.14 bits per heavy atom. The van der Waals surface area contributed by atoms with Crippen molar-refractivity contribution < 1.29 is 33.3 Å².